The normalized spacial score (nSPS) is 10.7. The van der Waals surface area contributed by atoms with Crippen LogP contribution in [0.2, 0.25) is 5.02 Å². The van der Waals surface area contributed by atoms with Crippen LogP contribution in [0.25, 0.3) is 0 Å². The predicted octanol–water partition coefficient (Wildman–Crippen LogP) is 4.32. The molecule has 0 aromatic heterocycles. The molecule has 1 amide bonds. The highest BCUT2D eigenvalue weighted by Gasteiger charge is 2.20. The van der Waals surface area contributed by atoms with E-state index in [0.717, 1.165) is 7.11 Å². The van der Waals surface area contributed by atoms with Crippen molar-refractivity contribution in [2.45, 2.75) is 27.2 Å². The molecule has 8 nitrogen and oxygen atoms in total. The van der Waals surface area contributed by atoms with Gasteiger partial charge in [0.25, 0.3) is 0 Å². The lowest BCUT2D eigenvalue weighted by atomic mass is 10.0. The zero-order valence-corrected chi connectivity index (χ0v) is 20.3. The summed E-state index contributed by atoms with van der Waals surface area (Å²) in [5.41, 5.74) is 0.384. The average Bonchev–Trinajstić information content (AvgIpc) is 2.78. The van der Waals surface area contributed by atoms with E-state index in [1.165, 1.54) is 44.3 Å². The van der Waals surface area contributed by atoms with Gasteiger partial charge in [-0.05, 0) is 44.3 Å². The maximum absolute atomic E-state index is 12.6. The van der Waals surface area contributed by atoms with Crippen LogP contribution in [0.15, 0.2) is 48.5 Å². The van der Waals surface area contributed by atoms with Crippen molar-refractivity contribution in [2.75, 3.05) is 31.5 Å². The van der Waals surface area contributed by atoms with Crippen LogP contribution in [0, 0.1) is 0 Å². The molecule has 2 aromatic carbocycles. The Morgan fingerprint density at radius 1 is 1.03 bits per heavy atom. The molecule has 0 bridgehead atoms. The average molecular weight is 484 g/mol. The number of methoxy groups -OCH3 is 1. The third-order valence-electron chi connectivity index (χ3n) is 4.34. The first-order chi connectivity index (χ1) is 15.2. The number of anilines is 1. The number of rotatable bonds is 9. The van der Waals surface area contributed by atoms with Gasteiger partial charge in [0.05, 0.1) is 12.8 Å². The van der Waals surface area contributed by atoms with Crippen LogP contribution >= 0.6 is 11.6 Å². The van der Waals surface area contributed by atoms with Gasteiger partial charge < -0.3 is 9.64 Å². The van der Waals surface area contributed by atoms with E-state index in [1.54, 1.807) is 35.1 Å². The van der Waals surface area contributed by atoms with Crippen molar-refractivity contribution in [3.05, 3.63) is 64.7 Å². The number of carbonyl (C=O) groups excluding carboxylic acids is 2. The van der Waals surface area contributed by atoms with Gasteiger partial charge in [-0.2, -0.15) is 8.42 Å². The van der Waals surface area contributed by atoms with Crippen molar-refractivity contribution in [2.24, 2.45) is 0 Å². The van der Waals surface area contributed by atoms with Gasteiger partial charge in [0.2, 0.25) is 0 Å². The van der Waals surface area contributed by atoms with Gasteiger partial charge in [0, 0.05) is 16.1 Å². The number of nitrogens with one attached hydrogen (secondary N) is 2. The van der Waals surface area contributed by atoms with Crippen molar-refractivity contribution in [3.63, 3.8) is 0 Å². The molecule has 2 rings (SSSR count). The highest BCUT2D eigenvalue weighted by Crippen LogP contribution is 2.24. The van der Waals surface area contributed by atoms with Gasteiger partial charge in [0.15, 0.2) is 5.78 Å². The van der Waals surface area contributed by atoms with Gasteiger partial charge >= 0.3 is 16.3 Å². The largest absolute Gasteiger partial charge is 0.452 e. The monoisotopic (exact) mass is 483 g/mol. The van der Waals surface area contributed by atoms with Crippen molar-refractivity contribution >= 4 is 39.4 Å². The van der Waals surface area contributed by atoms with Crippen LogP contribution in [0.5, 0.6) is 0 Å². The molecule has 2 N–H and O–H groups in total. The molecule has 2 aromatic rings. The summed E-state index contributed by atoms with van der Waals surface area (Å²) in [6, 6.07) is 12.4. The lowest BCUT2D eigenvalue weighted by Crippen LogP contribution is -2.35. The van der Waals surface area contributed by atoms with E-state index in [-0.39, 0.29) is 16.3 Å². The molecule has 0 unspecified atom stereocenters. The Kier molecular flexibility index (Phi) is 11.8. The lowest BCUT2D eigenvalue weighted by molar-refractivity contribution is 0.103. The molecule has 0 heterocycles. The summed E-state index contributed by atoms with van der Waals surface area (Å²) in [6.45, 7) is 10.3. The van der Waals surface area contributed by atoms with Gasteiger partial charge in [-0.15, -0.1) is 0 Å². The van der Waals surface area contributed by atoms with E-state index in [9.17, 15) is 18.0 Å². The Labute approximate surface area is 195 Å². The minimum Gasteiger partial charge on any atom is -0.452 e. The van der Waals surface area contributed by atoms with E-state index in [2.05, 4.69) is 35.1 Å². The van der Waals surface area contributed by atoms with E-state index < -0.39 is 22.1 Å². The van der Waals surface area contributed by atoms with Gasteiger partial charge in [-0.25, -0.2) is 9.52 Å². The van der Waals surface area contributed by atoms with Crippen LogP contribution in [0.4, 0.5) is 10.5 Å². The van der Waals surface area contributed by atoms with E-state index in [0.29, 0.717) is 5.56 Å². The SMILES string of the molecule is CCCN(CC)CC.COC(=O)NS(=O)(=O)Nc1ccc(Cl)cc1C(=O)c1ccccc1. The van der Waals surface area contributed by atoms with Crippen molar-refractivity contribution in [1.29, 1.82) is 0 Å². The van der Waals surface area contributed by atoms with E-state index >= 15 is 0 Å². The molecule has 0 aliphatic carbocycles. The molecule has 0 saturated heterocycles. The molecule has 10 heteroatoms. The second-order valence-electron chi connectivity index (χ2n) is 6.61. The molecule has 0 spiro atoms. The minimum atomic E-state index is -4.27. The first kappa shape index (κ1) is 27.4. The Morgan fingerprint density at radius 2 is 1.66 bits per heavy atom. The molecule has 0 fully saturated rings. The number of halogens is 1. The highest BCUT2D eigenvalue weighted by atomic mass is 35.5. The molecule has 0 aliphatic rings. The number of amides is 1. The van der Waals surface area contributed by atoms with Crippen molar-refractivity contribution < 1.29 is 22.7 Å². The Balaban J connectivity index is 0.000000547. The number of nitrogens with zero attached hydrogens (tertiary/aromatic N) is 1. The smallest absolute Gasteiger partial charge is 0.422 e. The second-order valence-corrected chi connectivity index (χ2v) is 8.46. The Morgan fingerprint density at radius 3 is 2.16 bits per heavy atom. The predicted molar refractivity (Wildman–Crippen MR) is 127 cm³/mol. The molecule has 0 aliphatic heterocycles. The molecule has 32 heavy (non-hydrogen) atoms. The lowest BCUT2D eigenvalue weighted by Gasteiger charge is -2.15. The van der Waals surface area contributed by atoms with Gasteiger partial charge in [-0.3, -0.25) is 9.52 Å². The summed E-state index contributed by atoms with van der Waals surface area (Å²) < 4.78 is 31.8. The third-order valence-corrected chi connectivity index (χ3v) is 5.50. The summed E-state index contributed by atoms with van der Waals surface area (Å²) in [7, 11) is -3.24. The molecular formula is C22H30ClN3O5S. The summed E-state index contributed by atoms with van der Waals surface area (Å²) >= 11 is 5.91. The van der Waals surface area contributed by atoms with Crippen LogP contribution in [-0.2, 0) is 14.9 Å². The fourth-order valence-corrected chi connectivity index (χ4v) is 3.71. The molecule has 0 saturated carbocycles. The summed E-state index contributed by atoms with van der Waals surface area (Å²) in [5, 5.41) is 0.262. The van der Waals surface area contributed by atoms with Gasteiger partial charge in [-0.1, -0.05) is 62.7 Å². The molecule has 176 valence electrons. The molecular weight excluding hydrogens is 454 g/mol. The summed E-state index contributed by atoms with van der Waals surface area (Å²) in [6.07, 6.45) is 0.120. The van der Waals surface area contributed by atoms with Gasteiger partial charge in [0.1, 0.15) is 0 Å². The number of ketones is 1. The Hall–Kier alpha value is -2.62. The standard InChI is InChI=1S/C15H13ClN2O5S.C7H17N/c1-23-15(20)18-24(21,22)17-13-8-7-11(16)9-12(13)14(19)10-5-3-2-4-6-10;1-4-7-8(5-2)6-3/h2-9,17H,1H3,(H,18,20);4-7H2,1-3H3. The molecule has 0 radical (unpaired) electrons. The van der Waals surface area contributed by atoms with Crippen molar-refractivity contribution in [1.82, 2.24) is 9.62 Å². The number of hydrogen-bond acceptors (Lipinski definition) is 6. The van der Waals surface area contributed by atoms with Crippen LogP contribution in [-0.4, -0.2) is 51.9 Å². The fraction of sp³-hybridized carbons (Fsp3) is 0.364. The summed E-state index contributed by atoms with van der Waals surface area (Å²) in [5.74, 6) is -0.422. The van der Waals surface area contributed by atoms with Crippen LogP contribution in [0.3, 0.4) is 0 Å². The van der Waals surface area contributed by atoms with E-state index in [4.69, 9.17) is 11.6 Å². The second kappa shape index (κ2) is 13.7. The van der Waals surface area contributed by atoms with Crippen LogP contribution < -0.4 is 9.44 Å². The van der Waals surface area contributed by atoms with Crippen molar-refractivity contribution in [3.8, 4) is 0 Å². The zero-order chi connectivity index (χ0) is 24.1. The number of carbonyl (C=O) groups is 2. The van der Waals surface area contributed by atoms with E-state index in [1.807, 2.05) is 0 Å². The first-order valence-corrected chi connectivity index (χ1v) is 12.0. The number of hydrogen-bond donors (Lipinski definition) is 2. The minimum absolute atomic E-state index is 0.0235. The number of ether oxygens (including phenoxy) is 1. The maximum Gasteiger partial charge on any atom is 0.422 e. The third kappa shape index (κ3) is 9.25. The molecule has 0 atom stereocenters. The topological polar surface area (TPSA) is 105 Å². The first-order valence-electron chi connectivity index (χ1n) is 10.2. The highest BCUT2D eigenvalue weighted by molar-refractivity contribution is 7.91. The van der Waals surface area contributed by atoms with Crippen LogP contribution in [0.1, 0.15) is 43.1 Å². The fourth-order valence-electron chi connectivity index (χ4n) is 2.72. The Bertz CT molecular complexity index is 980. The number of benzene rings is 2. The quantitative estimate of drug-likeness (QED) is 0.514. The zero-order valence-electron chi connectivity index (χ0n) is 18.7. The summed E-state index contributed by atoms with van der Waals surface area (Å²) in [4.78, 5) is 26.1. The maximum atomic E-state index is 12.6.